The van der Waals surface area contributed by atoms with Crippen LogP contribution in [0.3, 0.4) is 0 Å². The highest BCUT2D eigenvalue weighted by Crippen LogP contribution is 2.40. The van der Waals surface area contributed by atoms with Crippen LogP contribution in [-0.2, 0) is 41.1 Å². The Bertz CT molecular complexity index is 1610. The zero-order chi connectivity index (χ0) is 32.1. The third-order valence-corrected chi connectivity index (χ3v) is 8.65. The molecule has 3 aromatic rings. The summed E-state index contributed by atoms with van der Waals surface area (Å²) < 4.78 is 58.4. The second kappa shape index (κ2) is 13.4. The van der Waals surface area contributed by atoms with E-state index in [1.807, 2.05) is 18.2 Å². The van der Waals surface area contributed by atoms with Gasteiger partial charge in [0.2, 0.25) is 16.3 Å². The van der Waals surface area contributed by atoms with Gasteiger partial charge in [0.05, 0.1) is 23.9 Å². The number of sulfonamides is 1. The van der Waals surface area contributed by atoms with E-state index in [4.69, 9.17) is 14.2 Å². The number of ether oxygens (including phenoxy) is 3. The van der Waals surface area contributed by atoms with E-state index in [0.29, 0.717) is 5.56 Å². The first-order valence-electron chi connectivity index (χ1n) is 13.8. The first-order valence-corrected chi connectivity index (χ1v) is 15.2. The maximum absolute atomic E-state index is 13.9. The molecule has 0 radical (unpaired) electrons. The monoisotopic (exact) mass is 628 g/mol. The molecule has 0 aromatic heterocycles. The van der Waals surface area contributed by atoms with Crippen molar-refractivity contribution >= 4 is 28.1 Å². The Morgan fingerprint density at radius 1 is 0.955 bits per heavy atom. The molecule has 0 spiro atoms. The standard InChI is InChI=1S/C31H33FN2O9S/c1-20(2)29(37)41-21(3)42-30(38)33-27(28(35)36)16-22-9-7-14-26(15-22)44(39,40)34-18-31(19-34,23-10-5-4-6-11-23)43-25-13-8-12-24(32)17-25/h4-15,17,20-21,27H,16,18-19H2,1-3H3,(H,33,38)(H,35,36)/t21-,27+/m1/s1. The van der Waals surface area contributed by atoms with Gasteiger partial charge in [-0.05, 0) is 35.4 Å². The number of nitrogens with zero attached hydrogens (tertiary/aromatic N) is 1. The summed E-state index contributed by atoms with van der Waals surface area (Å²) in [6, 6.07) is 18.9. The number of nitrogens with one attached hydrogen (secondary N) is 1. The molecule has 4 rings (SSSR count). The van der Waals surface area contributed by atoms with Gasteiger partial charge in [-0.2, -0.15) is 4.31 Å². The Labute approximate surface area is 254 Å². The fourth-order valence-electron chi connectivity index (χ4n) is 4.57. The number of carbonyl (C=O) groups excluding carboxylic acids is 2. The van der Waals surface area contributed by atoms with E-state index in [1.54, 1.807) is 32.0 Å². The molecule has 234 valence electrons. The predicted molar refractivity (Wildman–Crippen MR) is 155 cm³/mol. The molecule has 1 fully saturated rings. The average molecular weight is 629 g/mol. The maximum atomic E-state index is 13.9. The van der Waals surface area contributed by atoms with Crippen molar-refractivity contribution in [2.45, 2.75) is 50.0 Å². The summed E-state index contributed by atoms with van der Waals surface area (Å²) in [4.78, 5) is 35.8. The summed E-state index contributed by atoms with van der Waals surface area (Å²) >= 11 is 0. The van der Waals surface area contributed by atoms with Crippen LogP contribution in [0.25, 0.3) is 0 Å². The number of amides is 1. The van der Waals surface area contributed by atoms with Gasteiger partial charge < -0.3 is 24.6 Å². The molecule has 13 heteroatoms. The summed E-state index contributed by atoms with van der Waals surface area (Å²) in [7, 11) is -4.05. The van der Waals surface area contributed by atoms with Crippen LogP contribution in [0, 0.1) is 11.7 Å². The van der Waals surface area contributed by atoms with Gasteiger partial charge in [0.25, 0.3) is 0 Å². The van der Waals surface area contributed by atoms with Gasteiger partial charge in [-0.25, -0.2) is 22.4 Å². The Morgan fingerprint density at radius 2 is 1.64 bits per heavy atom. The lowest BCUT2D eigenvalue weighted by atomic mass is 9.87. The average Bonchev–Trinajstić information content (AvgIpc) is 2.94. The Hall–Kier alpha value is -4.49. The van der Waals surface area contributed by atoms with Crippen LogP contribution >= 0.6 is 0 Å². The normalized spacial score (nSPS) is 15.8. The molecule has 2 atom stereocenters. The highest BCUT2D eigenvalue weighted by molar-refractivity contribution is 7.89. The van der Waals surface area contributed by atoms with E-state index in [0.717, 1.165) is 5.56 Å². The van der Waals surface area contributed by atoms with Crippen LogP contribution in [0.5, 0.6) is 5.75 Å². The highest BCUT2D eigenvalue weighted by Gasteiger charge is 2.52. The van der Waals surface area contributed by atoms with Crippen LogP contribution in [0.4, 0.5) is 9.18 Å². The molecule has 3 aromatic carbocycles. The Balaban J connectivity index is 1.46. The lowest BCUT2D eigenvalue weighted by molar-refractivity contribution is -0.169. The van der Waals surface area contributed by atoms with E-state index in [1.165, 1.54) is 53.7 Å². The van der Waals surface area contributed by atoms with Crippen molar-refractivity contribution in [1.29, 1.82) is 0 Å². The van der Waals surface area contributed by atoms with E-state index in [-0.39, 0.29) is 30.2 Å². The first kappa shape index (κ1) is 32.4. The molecule has 44 heavy (non-hydrogen) atoms. The lowest BCUT2D eigenvalue weighted by Crippen LogP contribution is -2.64. The number of esters is 1. The minimum absolute atomic E-state index is 0.0508. The molecule has 0 saturated carbocycles. The van der Waals surface area contributed by atoms with Crippen LogP contribution in [0.1, 0.15) is 31.9 Å². The smallest absolute Gasteiger partial charge is 0.410 e. The van der Waals surface area contributed by atoms with Crippen molar-refractivity contribution < 1.29 is 46.5 Å². The molecule has 1 aliphatic rings. The van der Waals surface area contributed by atoms with Crippen molar-refractivity contribution in [3.05, 3.63) is 95.8 Å². The summed E-state index contributed by atoms with van der Waals surface area (Å²) in [5.41, 5.74) is -0.0112. The van der Waals surface area contributed by atoms with E-state index in [9.17, 15) is 32.3 Å². The van der Waals surface area contributed by atoms with Crippen molar-refractivity contribution in [2.75, 3.05) is 13.1 Å². The number of halogens is 1. The van der Waals surface area contributed by atoms with Gasteiger partial charge in [0.15, 0.2) is 5.60 Å². The largest absolute Gasteiger partial charge is 0.480 e. The van der Waals surface area contributed by atoms with Gasteiger partial charge in [0.1, 0.15) is 17.6 Å². The molecule has 0 bridgehead atoms. The molecule has 1 heterocycles. The zero-order valence-corrected chi connectivity index (χ0v) is 25.1. The van der Waals surface area contributed by atoms with Crippen molar-refractivity contribution in [3.8, 4) is 5.75 Å². The van der Waals surface area contributed by atoms with Gasteiger partial charge in [-0.15, -0.1) is 0 Å². The third-order valence-electron chi connectivity index (χ3n) is 6.87. The fourth-order valence-corrected chi connectivity index (χ4v) is 6.17. The predicted octanol–water partition coefficient (Wildman–Crippen LogP) is 4.07. The summed E-state index contributed by atoms with van der Waals surface area (Å²) in [6.07, 6.45) is -2.64. The number of carbonyl (C=O) groups is 3. The lowest BCUT2D eigenvalue weighted by Gasteiger charge is -2.48. The third kappa shape index (κ3) is 7.71. The van der Waals surface area contributed by atoms with Gasteiger partial charge >= 0.3 is 18.0 Å². The fraction of sp³-hybridized carbons (Fsp3) is 0.323. The van der Waals surface area contributed by atoms with Gasteiger partial charge in [0, 0.05) is 19.4 Å². The SMILES string of the molecule is CC(C)C(=O)O[C@@H](C)OC(=O)N[C@@H](Cc1cccc(S(=O)(=O)N2CC(Oc3cccc(F)c3)(c3ccccc3)C2)c1)C(=O)O. The molecule has 11 nitrogen and oxygen atoms in total. The van der Waals surface area contributed by atoms with Crippen LogP contribution in [0.2, 0.25) is 0 Å². The second-order valence-electron chi connectivity index (χ2n) is 10.6. The molecule has 1 aliphatic heterocycles. The van der Waals surface area contributed by atoms with Crippen molar-refractivity contribution in [3.63, 3.8) is 0 Å². The van der Waals surface area contributed by atoms with Crippen molar-refractivity contribution in [2.24, 2.45) is 5.92 Å². The van der Waals surface area contributed by atoms with Crippen LogP contribution in [-0.4, -0.2) is 61.3 Å². The molecule has 0 aliphatic carbocycles. The Kier molecular flexibility index (Phi) is 9.90. The highest BCUT2D eigenvalue weighted by atomic mass is 32.2. The summed E-state index contributed by atoms with van der Waals surface area (Å²) in [6.45, 7) is 4.42. The number of carboxylic acids is 1. The topological polar surface area (TPSA) is 149 Å². The minimum Gasteiger partial charge on any atom is -0.480 e. The number of benzene rings is 3. The van der Waals surface area contributed by atoms with Crippen LogP contribution in [0.15, 0.2) is 83.8 Å². The number of aliphatic carboxylic acids is 1. The first-order chi connectivity index (χ1) is 20.8. The van der Waals surface area contributed by atoms with Crippen molar-refractivity contribution in [1.82, 2.24) is 9.62 Å². The molecule has 2 N–H and O–H groups in total. The molecule has 1 saturated heterocycles. The Morgan fingerprint density at radius 3 is 2.27 bits per heavy atom. The van der Waals surface area contributed by atoms with Crippen LogP contribution < -0.4 is 10.1 Å². The number of alkyl carbamates (subject to hydrolysis) is 1. The number of carboxylic acid groups (broad SMARTS) is 1. The molecular formula is C31H33FN2O9S. The second-order valence-corrected chi connectivity index (χ2v) is 12.6. The zero-order valence-electron chi connectivity index (χ0n) is 24.3. The number of hydrogen-bond donors (Lipinski definition) is 2. The number of hydrogen-bond acceptors (Lipinski definition) is 8. The van der Waals surface area contributed by atoms with E-state index < -0.39 is 57.7 Å². The van der Waals surface area contributed by atoms with Gasteiger partial charge in [-0.1, -0.05) is 62.4 Å². The van der Waals surface area contributed by atoms with E-state index >= 15 is 0 Å². The summed E-state index contributed by atoms with van der Waals surface area (Å²) in [5.74, 6) is -2.66. The molecule has 1 amide bonds. The maximum Gasteiger partial charge on any atom is 0.410 e. The van der Waals surface area contributed by atoms with E-state index in [2.05, 4.69) is 5.32 Å². The minimum atomic E-state index is -4.05. The van der Waals surface area contributed by atoms with Gasteiger partial charge in [-0.3, -0.25) is 4.79 Å². The number of rotatable bonds is 12. The molecule has 0 unspecified atom stereocenters. The molecular weight excluding hydrogens is 595 g/mol. The summed E-state index contributed by atoms with van der Waals surface area (Å²) in [5, 5.41) is 11.9. The quantitative estimate of drug-likeness (QED) is 0.224.